The highest BCUT2D eigenvalue weighted by Gasteiger charge is 2.47. The molecule has 0 aliphatic carbocycles. The van der Waals surface area contributed by atoms with E-state index in [9.17, 15) is 26.8 Å². The van der Waals surface area contributed by atoms with Gasteiger partial charge in [0.25, 0.3) is 5.91 Å². The van der Waals surface area contributed by atoms with Gasteiger partial charge < -0.3 is 4.90 Å². The van der Waals surface area contributed by atoms with E-state index in [0.717, 1.165) is 21.9 Å². The van der Waals surface area contributed by atoms with E-state index >= 15 is 0 Å². The van der Waals surface area contributed by atoms with Crippen LogP contribution in [0.2, 0.25) is 5.02 Å². The molecular formula is C20H19ClF2N3O4S+. The summed E-state index contributed by atoms with van der Waals surface area (Å²) in [5.41, 5.74) is -0.276. The Morgan fingerprint density at radius 1 is 1.00 bits per heavy atom. The number of benzene rings is 2. The average molecular weight is 471 g/mol. The predicted octanol–water partition coefficient (Wildman–Crippen LogP) is 0.840. The molecule has 2 aromatic carbocycles. The number of nitrogens with zero attached hydrogens (tertiary/aromatic N) is 2. The molecule has 2 amide bonds. The maximum atomic E-state index is 14.1. The Morgan fingerprint density at radius 3 is 2.26 bits per heavy atom. The minimum absolute atomic E-state index is 0.116. The predicted molar refractivity (Wildman–Crippen MR) is 108 cm³/mol. The largest absolute Gasteiger partial charge is 0.322 e. The smallest absolute Gasteiger partial charge is 0.292 e. The van der Waals surface area contributed by atoms with Gasteiger partial charge in [-0.1, -0.05) is 11.6 Å². The van der Waals surface area contributed by atoms with Gasteiger partial charge in [0.2, 0.25) is 15.9 Å². The number of rotatable bonds is 4. The van der Waals surface area contributed by atoms with E-state index in [-0.39, 0.29) is 30.1 Å². The van der Waals surface area contributed by atoms with E-state index in [1.165, 1.54) is 28.6 Å². The number of carbonyl (C=O) groups is 2. The highest BCUT2D eigenvalue weighted by molar-refractivity contribution is 7.89. The van der Waals surface area contributed by atoms with Crippen molar-refractivity contribution >= 4 is 39.1 Å². The van der Waals surface area contributed by atoms with Crippen molar-refractivity contribution in [2.75, 3.05) is 31.1 Å². The highest BCUT2D eigenvalue weighted by Crippen LogP contribution is 2.26. The summed E-state index contributed by atoms with van der Waals surface area (Å²) < 4.78 is 54.3. The normalized spacial score (nSPS) is 21.1. The van der Waals surface area contributed by atoms with E-state index in [1.807, 2.05) is 0 Å². The molecule has 0 saturated carbocycles. The molecule has 2 aromatic rings. The Hall–Kier alpha value is -2.40. The van der Waals surface area contributed by atoms with Crippen molar-refractivity contribution in [2.45, 2.75) is 17.4 Å². The number of hydrogen-bond donors (Lipinski definition) is 1. The van der Waals surface area contributed by atoms with Crippen molar-refractivity contribution in [1.82, 2.24) is 4.31 Å². The molecule has 0 spiro atoms. The fraction of sp³-hybridized carbons (Fsp3) is 0.300. The van der Waals surface area contributed by atoms with Gasteiger partial charge in [0, 0.05) is 11.1 Å². The second kappa shape index (κ2) is 8.27. The van der Waals surface area contributed by atoms with Crippen molar-refractivity contribution in [3.63, 3.8) is 0 Å². The maximum absolute atomic E-state index is 14.1. The topological polar surface area (TPSA) is 79.2 Å². The van der Waals surface area contributed by atoms with E-state index in [1.54, 1.807) is 0 Å². The summed E-state index contributed by atoms with van der Waals surface area (Å²) in [4.78, 5) is 26.9. The molecule has 2 aliphatic heterocycles. The molecule has 0 unspecified atom stereocenters. The number of quaternary nitrogens is 1. The summed E-state index contributed by atoms with van der Waals surface area (Å²) in [6.45, 7) is 0.971. The van der Waals surface area contributed by atoms with Gasteiger partial charge in [-0.2, -0.15) is 4.31 Å². The van der Waals surface area contributed by atoms with Crippen molar-refractivity contribution < 1.29 is 31.7 Å². The van der Waals surface area contributed by atoms with Crippen LogP contribution in [0.25, 0.3) is 0 Å². The van der Waals surface area contributed by atoms with Crippen molar-refractivity contribution in [3.8, 4) is 0 Å². The fourth-order valence-electron chi connectivity index (χ4n) is 3.98. The van der Waals surface area contributed by atoms with Gasteiger partial charge in [-0.3, -0.25) is 9.59 Å². The minimum atomic E-state index is -3.70. The molecule has 0 radical (unpaired) electrons. The summed E-state index contributed by atoms with van der Waals surface area (Å²) in [5, 5.41) is 0.430. The van der Waals surface area contributed by atoms with Crippen LogP contribution in [0.4, 0.5) is 14.5 Å². The standard InChI is InChI=1S/C20H18ClF2N3O4S/c21-13-1-4-15(5-2-13)31(29,30)25-9-7-24(8-10-25)18-12-19(27)26(20(18)28)17-6-3-14(22)11-16(17)23/h1-6,11,18H,7-10,12H2/p+1/t18-/m0/s1. The van der Waals surface area contributed by atoms with Crippen LogP contribution in [-0.4, -0.2) is 56.8 Å². The van der Waals surface area contributed by atoms with E-state index < -0.39 is 39.5 Å². The second-order valence-corrected chi connectivity index (χ2v) is 9.81. The van der Waals surface area contributed by atoms with E-state index in [4.69, 9.17) is 11.6 Å². The molecule has 2 aliphatic rings. The summed E-state index contributed by atoms with van der Waals surface area (Å²) in [6, 6.07) is 7.81. The first-order chi connectivity index (χ1) is 14.7. The zero-order valence-electron chi connectivity index (χ0n) is 16.2. The van der Waals surface area contributed by atoms with Gasteiger partial charge in [-0.05, 0) is 36.4 Å². The average Bonchev–Trinajstić information content (AvgIpc) is 3.03. The lowest BCUT2D eigenvalue weighted by Gasteiger charge is -2.33. The third kappa shape index (κ3) is 4.08. The number of piperazine rings is 1. The molecule has 31 heavy (non-hydrogen) atoms. The number of anilines is 1. The van der Waals surface area contributed by atoms with Gasteiger partial charge in [-0.15, -0.1) is 0 Å². The number of imide groups is 1. The molecule has 7 nitrogen and oxygen atoms in total. The van der Waals surface area contributed by atoms with Crippen molar-refractivity contribution in [3.05, 3.63) is 59.1 Å². The summed E-state index contributed by atoms with van der Waals surface area (Å²) in [5.74, 6) is -2.93. The van der Waals surface area contributed by atoms with Crippen LogP contribution < -0.4 is 9.80 Å². The fourth-order valence-corrected chi connectivity index (χ4v) is 5.55. The van der Waals surface area contributed by atoms with Crippen molar-refractivity contribution in [2.24, 2.45) is 0 Å². The molecular weight excluding hydrogens is 452 g/mol. The van der Waals surface area contributed by atoms with Crippen LogP contribution in [0.1, 0.15) is 6.42 Å². The van der Waals surface area contributed by atoms with Crippen LogP contribution in [0.15, 0.2) is 47.4 Å². The van der Waals surface area contributed by atoms with Crippen LogP contribution in [0.3, 0.4) is 0 Å². The third-order valence-electron chi connectivity index (χ3n) is 5.61. The number of sulfonamides is 1. The molecule has 0 bridgehead atoms. The first-order valence-corrected chi connectivity index (χ1v) is 11.4. The lowest BCUT2D eigenvalue weighted by molar-refractivity contribution is -0.918. The number of hydrogen-bond acceptors (Lipinski definition) is 4. The first-order valence-electron chi connectivity index (χ1n) is 9.60. The van der Waals surface area contributed by atoms with Crippen LogP contribution in [0, 0.1) is 11.6 Å². The van der Waals surface area contributed by atoms with Crippen LogP contribution in [-0.2, 0) is 19.6 Å². The van der Waals surface area contributed by atoms with Gasteiger partial charge in [0.1, 0.15) is 11.6 Å². The SMILES string of the molecule is O=C1C[C@H]([NH+]2CCN(S(=O)(=O)c3ccc(Cl)cc3)CC2)C(=O)N1c1ccc(F)cc1F. The van der Waals surface area contributed by atoms with Gasteiger partial charge in [-0.25, -0.2) is 22.1 Å². The molecule has 0 aromatic heterocycles. The molecule has 11 heteroatoms. The van der Waals surface area contributed by atoms with E-state index in [0.29, 0.717) is 24.2 Å². The van der Waals surface area contributed by atoms with E-state index in [2.05, 4.69) is 0 Å². The monoisotopic (exact) mass is 470 g/mol. The zero-order chi connectivity index (χ0) is 22.3. The lowest BCUT2D eigenvalue weighted by Crippen LogP contribution is -3.19. The lowest BCUT2D eigenvalue weighted by atomic mass is 10.2. The van der Waals surface area contributed by atoms with Gasteiger partial charge >= 0.3 is 0 Å². The Kier molecular flexibility index (Phi) is 5.82. The molecule has 1 atom stereocenters. The summed E-state index contributed by atoms with van der Waals surface area (Å²) in [7, 11) is -3.70. The Balaban J connectivity index is 1.46. The number of halogens is 3. The summed E-state index contributed by atoms with van der Waals surface area (Å²) >= 11 is 5.82. The van der Waals surface area contributed by atoms with Crippen molar-refractivity contribution in [1.29, 1.82) is 0 Å². The highest BCUT2D eigenvalue weighted by atomic mass is 35.5. The first kappa shape index (κ1) is 21.8. The zero-order valence-corrected chi connectivity index (χ0v) is 17.8. The minimum Gasteiger partial charge on any atom is -0.322 e. The molecule has 164 valence electrons. The third-order valence-corrected chi connectivity index (χ3v) is 7.77. The summed E-state index contributed by atoms with van der Waals surface area (Å²) in [6.07, 6.45) is -0.116. The number of amides is 2. The van der Waals surface area contributed by atoms with Crippen LogP contribution >= 0.6 is 11.6 Å². The molecule has 4 rings (SSSR count). The molecule has 2 heterocycles. The Morgan fingerprint density at radius 2 is 1.65 bits per heavy atom. The molecule has 1 N–H and O–H groups in total. The number of carbonyl (C=O) groups excluding carboxylic acids is 2. The number of nitrogens with one attached hydrogen (secondary N) is 1. The van der Waals surface area contributed by atoms with Gasteiger partial charge in [0.05, 0.1) is 43.2 Å². The van der Waals surface area contributed by atoms with Gasteiger partial charge in [0.15, 0.2) is 6.04 Å². The second-order valence-electron chi connectivity index (χ2n) is 7.44. The Bertz CT molecular complexity index is 1140. The quantitative estimate of drug-likeness (QED) is 0.672. The maximum Gasteiger partial charge on any atom is 0.292 e. The van der Waals surface area contributed by atoms with Crippen LogP contribution in [0.5, 0.6) is 0 Å². The Labute approximate surface area is 182 Å². The molecule has 2 saturated heterocycles. The molecule has 2 fully saturated rings.